The van der Waals surface area contributed by atoms with Crippen molar-refractivity contribution in [3.8, 4) is 0 Å². The smallest absolute Gasteiger partial charge is 0.644 e. The van der Waals surface area contributed by atoms with Crippen LogP contribution in [0.25, 0.3) is 0 Å². The van der Waals surface area contributed by atoms with E-state index >= 15 is 0 Å². The Morgan fingerprint density at radius 3 is 2.08 bits per heavy atom. The second-order valence-corrected chi connectivity index (χ2v) is 2.62. The van der Waals surface area contributed by atoms with E-state index in [2.05, 4.69) is 0 Å². The maximum absolute atomic E-state index is 9.85. The zero-order valence-corrected chi connectivity index (χ0v) is 8.38. The standard InChI is InChI=1S/C7H5NO2S.2Li/c9-8(10)6-11-7-4-2-1-3-5-7;;/h1-5H;;/q-2;2*+1. The average molecular weight is 181 g/mol. The first-order valence-electron chi connectivity index (χ1n) is 2.91. The predicted octanol–water partition coefficient (Wildman–Crippen LogP) is -4.30. The fourth-order valence-corrected chi connectivity index (χ4v) is 1.05. The molecule has 0 unspecified atom stereocenters. The van der Waals surface area contributed by atoms with Gasteiger partial charge in [-0.1, -0.05) is 30.3 Å². The minimum atomic E-state index is -0.586. The second kappa shape index (κ2) is 8.63. The van der Waals surface area contributed by atoms with Crippen molar-refractivity contribution in [2.75, 3.05) is 0 Å². The monoisotopic (exact) mass is 181 g/mol. The molecule has 58 valence electrons. The summed E-state index contributed by atoms with van der Waals surface area (Å²) < 4.78 is 0. The van der Waals surface area contributed by atoms with Gasteiger partial charge < -0.3 is 15.3 Å². The molecule has 0 spiro atoms. The molecule has 6 heteroatoms. The number of thioether (sulfide) groups is 1. The van der Waals surface area contributed by atoms with Crippen LogP contribution >= 0.6 is 11.8 Å². The van der Waals surface area contributed by atoms with E-state index in [9.17, 15) is 10.4 Å². The summed E-state index contributed by atoms with van der Waals surface area (Å²) in [6.07, 6.45) is 0. The Kier molecular flexibility index (Phi) is 10.3. The van der Waals surface area contributed by atoms with Gasteiger partial charge in [-0.2, -0.15) is 0 Å². The van der Waals surface area contributed by atoms with Crippen LogP contribution in [0.15, 0.2) is 35.2 Å². The second-order valence-electron chi connectivity index (χ2n) is 1.76. The van der Waals surface area contributed by atoms with Crippen molar-refractivity contribution in [2.24, 2.45) is 0 Å². The van der Waals surface area contributed by atoms with E-state index in [4.69, 9.17) is 0 Å². The van der Waals surface area contributed by atoms with Crippen LogP contribution in [0, 0.1) is 10.4 Å². The van der Waals surface area contributed by atoms with E-state index in [1.807, 2.05) is 23.7 Å². The van der Waals surface area contributed by atoms with Gasteiger partial charge in [0.25, 0.3) is 0 Å². The number of rotatable bonds is 2. The van der Waals surface area contributed by atoms with Gasteiger partial charge in [-0.15, -0.1) is 5.55 Å². The van der Waals surface area contributed by atoms with Crippen LogP contribution in [0.5, 0.6) is 0 Å². The molecule has 0 fully saturated rings. The Labute approximate surface area is 105 Å². The minimum absolute atomic E-state index is 0. The van der Waals surface area contributed by atoms with E-state index in [0.29, 0.717) is 0 Å². The van der Waals surface area contributed by atoms with Gasteiger partial charge in [0, 0.05) is 0 Å². The van der Waals surface area contributed by atoms with Crippen molar-refractivity contribution in [3.63, 3.8) is 0 Å². The summed E-state index contributed by atoms with van der Waals surface area (Å²) in [6, 6.07) is 9.09. The first-order valence-corrected chi connectivity index (χ1v) is 3.72. The van der Waals surface area contributed by atoms with Gasteiger partial charge in [0.05, 0.1) is 0 Å². The SMILES string of the molecule is [Li+].[Li+].[O-][N+]([O-])=[C-]Sc1ccccc1. The molecule has 0 N–H and O–H groups in total. The van der Waals surface area contributed by atoms with Gasteiger partial charge in [-0.05, 0) is 4.90 Å². The summed E-state index contributed by atoms with van der Waals surface area (Å²) in [5.41, 5.74) is 2.00. The molecule has 3 nitrogen and oxygen atoms in total. The fourth-order valence-electron chi connectivity index (χ4n) is 0.579. The quantitative estimate of drug-likeness (QED) is 0.0882. The zero-order chi connectivity index (χ0) is 8.10. The van der Waals surface area contributed by atoms with Crippen molar-refractivity contribution >= 4 is 17.3 Å². The van der Waals surface area contributed by atoms with Crippen LogP contribution in [0.4, 0.5) is 0 Å². The number of benzene rings is 1. The van der Waals surface area contributed by atoms with Crippen LogP contribution in [-0.2, 0) is 0 Å². The number of hydrogen-bond donors (Lipinski definition) is 0. The Bertz CT molecular complexity index is 252. The Balaban J connectivity index is 0. The molecule has 1 aromatic rings. The molecule has 1 rings (SSSR count). The third kappa shape index (κ3) is 7.13. The molecule has 0 radical (unpaired) electrons. The Morgan fingerprint density at radius 1 is 1.08 bits per heavy atom. The molecule has 13 heavy (non-hydrogen) atoms. The first-order chi connectivity index (χ1) is 5.29. The van der Waals surface area contributed by atoms with Crippen molar-refractivity contribution in [1.82, 2.24) is 0 Å². The van der Waals surface area contributed by atoms with Crippen molar-refractivity contribution in [3.05, 3.63) is 40.7 Å². The summed E-state index contributed by atoms with van der Waals surface area (Å²) in [6.45, 7) is 0. The van der Waals surface area contributed by atoms with Crippen molar-refractivity contribution in [2.45, 2.75) is 4.90 Å². The summed E-state index contributed by atoms with van der Waals surface area (Å²) in [7, 11) is 0. The largest absolute Gasteiger partial charge is 1.00 e. The molecular formula is C7H5Li2NO2S. The Morgan fingerprint density at radius 2 is 1.62 bits per heavy atom. The number of hydrogen-bond acceptors (Lipinski definition) is 3. The fraction of sp³-hybridized carbons (Fsp3) is 0. The average Bonchev–Trinajstić information content (AvgIpc) is 2.03. The zero-order valence-electron chi connectivity index (χ0n) is 7.56. The molecule has 0 aliphatic rings. The van der Waals surface area contributed by atoms with Crippen LogP contribution in [0.2, 0.25) is 0 Å². The third-order valence-electron chi connectivity index (χ3n) is 0.981. The number of nitrogens with zero attached hydrogens (tertiary/aromatic N) is 1. The van der Waals surface area contributed by atoms with Crippen molar-refractivity contribution < 1.29 is 42.6 Å². The van der Waals surface area contributed by atoms with Crippen LogP contribution in [-0.4, -0.2) is 10.4 Å². The molecule has 0 amide bonds. The van der Waals surface area contributed by atoms with Crippen LogP contribution in [0.1, 0.15) is 0 Å². The summed E-state index contributed by atoms with van der Waals surface area (Å²) >= 11 is 0.979. The van der Waals surface area contributed by atoms with Gasteiger partial charge in [-0.25, -0.2) is 11.8 Å². The minimum Gasteiger partial charge on any atom is -0.644 e. The molecule has 0 heterocycles. The van der Waals surface area contributed by atoms with Gasteiger partial charge in [0.2, 0.25) is 0 Å². The van der Waals surface area contributed by atoms with Crippen molar-refractivity contribution in [1.29, 1.82) is 0 Å². The van der Waals surface area contributed by atoms with Gasteiger partial charge in [-0.3, -0.25) is 0 Å². The summed E-state index contributed by atoms with van der Waals surface area (Å²) in [5, 5.41) is 19.7. The van der Waals surface area contributed by atoms with Gasteiger partial charge in [0.1, 0.15) is 0 Å². The first kappa shape index (κ1) is 15.5. The maximum atomic E-state index is 9.85. The maximum Gasteiger partial charge on any atom is 1.00 e. The van der Waals surface area contributed by atoms with E-state index < -0.39 is 4.90 Å². The van der Waals surface area contributed by atoms with E-state index in [-0.39, 0.29) is 37.7 Å². The summed E-state index contributed by atoms with van der Waals surface area (Å²) in [4.78, 5) is 0.238. The molecule has 0 aliphatic heterocycles. The Hall–Kier alpha value is 0.0348. The predicted molar refractivity (Wildman–Crippen MR) is 44.3 cm³/mol. The topological polar surface area (TPSA) is 49.1 Å². The molecule has 0 aromatic heterocycles. The molecule has 0 atom stereocenters. The molecule has 1 aromatic carbocycles. The molecular weight excluding hydrogens is 176 g/mol. The van der Waals surface area contributed by atoms with Gasteiger partial charge >= 0.3 is 37.7 Å². The van der Waals surface area contributed by atoms with E-state index in [0.717, 1.165) is 16.7 Å². The van der Waals surface area contributed by atoms with E-state index in [1.54, 1.807) is 12.1 Å². The molecule has 0 saturated carbocycles. The van der Waals surface area contributed by atoms with E-state index in [1.165, 1.54) is 0 Å². The molecule has 0 saturated heterocycles. The molecule has 0 bridgehead atoms. The molecule has 0 aliphatic carbocycles. The third-order valence-corrected chi connectivity index (χ3v) is 1.73. The van der Waals surface area contributed by atoms with Crippen LogP contribution < -0.4 is 37.7 Å². The van der Waals surface area contributed by atoms with Gasteiger partial charge in [0.15, 0.2) is 0 Å². The summed E-state index contributed by atoms with van der Waals surface area (Å²) in [5.74, 6) is 0. The van der Waals surface area contributed by atoms with Crippen LogP contribution in [0.3, 0.4) is 0 Å². The normalized spacial score (nSPS) is 7.69.